The molecular weight excluding hydrogens is 361 g/mol. The van der Waals surface area contributed by atoms with Crippen LogP contribution in [-0.2, 0) is 25.2 Å². The summed E-state index contributed by atoms with van der Waals surface area (Å²) < 4.78 is 50.0. The standard InChI is InChI=1S/C20H27F3O4/c1-12(11-17(24)27-19(4,5)6)18(25)26-14(3)13(2)15-9-7-8-10-16(15)20(21,22)23/h7-10,12-14H,11H2,1-6H3/t12-,13-,14+/m1/s1. The van der Waals surface area contributed by atoms with Crippen molar-refractivity contribution in [1.29, 1.82) is 0 Å². The Hall–Kier alpha value is -2.05. The van der Waals surface area contributed by atoms with Gasteiger partial charge in [0.2, 0.25) is 0 Å². The van der Waals surface area contributed by atoms with Crippen LogP contribution in [0.5, 0.6) is 0 Å². The average molecular weight is 388 g/mol. The van der Waals surface area contributed by atoms with E-state index in [0.29, 0.717) is 0 Å². The Morgan fingerprint density at radius 1 is 1.04 bits per heavy atom. The van der Waals surface area contributed by atoms with E-state index in [9.17, 15) is 22.8 Å². The summed E-state index contributed by atoms with van der Waals surface area (Å²) in [6.45, 7) is 9.78. The zero-order chi connectivity index (χ0) is 21.0. The van der Waals surface area contributed by atoms with Gasteiger partial charge in [0.15, 0.2) is 0 Å². The maximum absolute atomic E-state index is 13.2. The van der Waals surface area contributed by atoms with Crippen molar-refractivity contribution >= 4 is 11.9 Å². The van der Waals surface area contributed by atoms with Crippen molar-refractivity contribution < 1.29 is 32.2 Å². The molecule has 0 unspecified atom stereocenters. The molecule has 0 fully saturated rings. The Kier molecular flexibility index (Phi) is 7.46. The molecule has 0 aliphatic carbocycles. The van der Waals surface area contributed by atoms with E-state index in [1.807, 2.05) is 0 Å². The summed E-state index contributed by atoms with van der Waals surface area (Å²) in [4.78, 5) is 24.0. The van der Waals surface area contributed by atoms with Crippen LogP contribution in [0.3, 0.4) is 0 Å². The third-order valence-electron chi connectivity index (χ3n) is 4.06. The number of hydrogen-bond acceptors (Lipinski definition) is 4. The van der Waals surface area contributed by atoms with Crippen molar-refractivity contribution in [3.05, 3.63) is 35.4 Å². The van der Waals surface area contributed by atoms with Gasteiger partial charge in [-0.15, -0.1) is 0 Å². The highest BCUT2D eigenvalue weighted by Gasteiger charge is 2.36. The number of hydrogen-bond donors (Lipinski definition) is 0. The van der Waals surface area contributed by atoms with Crippen LogP contribution in [0.2, 0.25) is 0 Å². The summed E-state index contributed by atoms with van der Waals surface area (Å²) in [5.74, 6) is -2.60. The Bertz CT molecular complexity index is 662. The second-order valence-electron chi connectivity index (χ2n) is 7.71. The number of alkyl halides is 3. The van der Waals surface area contributed by atoms with Gasteiger partial charge < -0.3 is 9.47 Å². The average Bonchev–Trinajstić information content (AvgIpc) is 2.51. The van der Waals surface area contributed by atoms with Gasteiger partial charge in [0.25, 0.3) is 0 Å². The topological polar surface area (TPSA) is 52.6 Å². The molecule has 1 aromatic carbocycles. The normalized spacial score (nSPS) is 15.6. The molecule has 0 aliphatic rings. The van der Waals surface area contributed by atoms with Crippen LogP contribution in [0, 0.1) is 5.92 Å². The van der Waals surface area contributed by atoms with Crippen LogP contribution >= 0.6 is 0 Å². The van der Waals surface area contributed by atoms with Gasteiger partial charge in [0, 0.05) is 5.92 Å². The Morgan fingerprint density at radius 3 is 2.11 bits per heavy atom. The minimum Gasteiger partial charge on any atom is -0.462 e. The number of carbonyl (C=O) groups is 2. The predicted molar refractivity (Wildman–Crippen MR) is 95.0 cm³/mol. The maximum Gasteiger partial charge on any atom is 0.416 e. The van der Waals surface area contributed by atoms with Gasteiger partial charge in [0.1, 0.15) is 11.7 Å². The number of esters is 2. The molecule has 1 aromatic rings. The number of benzene rings is 1. The third kappa shape index (κ3) is 7.23. The van der Waals surface area contributed by atoms with Gasteiger partial charge in [-0.3, -0.25) is 9.59 Å². The van der Waals surface area contributed by atoms with E-state index in [0.717, 1.165) is 6.07 Å². The quantitative estimate of drug-likeness (QED) is 0.636. The van der Waals surface area contributed by atoms with E-state index in [1.54, 1.807) is 27.7 Å². The number of ether oxygens (including phenoxy) is 2. The molecule has 0 heterocycles. The fourth-order valence-corrected chi connectivity index (χ4v) is 2.52. The molecule has 0 amide bonds. The summed E-state index contributed by atoms with van der Waals surface area (Å²) in [6.07, 6.45) is -5.43. The van der Waals surface area contributed by atoms with Gasteiger partial charge in [0.05, 0.1) is 17.9 Å². The van der Waals surface area contributed by atoms with E-state index in [2.05, 4.69) is 0 Å². The lowest BCUT2D eigenvalue weighted by atomic mass is 9.91. The van der Waals surface area contributed by atoms with Crippen LogP contribution in [0.4, 0.5) is 13.2 Å². The van der Waals surface area contributed by atoms with Gasteiger partial charge in [-0.05, 0) is 39.3 Å². The van der Waals surface area contributed by atoms with E-state index in [-0.39, 0.29) is 12.0 Å². The Balaban J connectivity index is 2.77. The molecule has 7 heteroatoms. The monoisotopic (exact) mass is 388 g/mol. The Labute approximate surface area is 158 Å². The molecule has 0 radical (unpaired) electrons. The predicted octanol–water partition coefficient (Wildman–Crippen LogP) is 5.11. The lowest BCUT2D eigenvalue weighted by Gasteiger charge is -2.25. The van der Waals surface area contributed by atoms with Crippen molar-refractivity contribution in [3.8, 4) is 0 Å². The lowest BCUT2D eigenvalue weighted by molar-refractivity contribution is -0.163. The molecule has 0 spiro atoms. The molecule has 3 atom stereocenters. The molecule has 0 saturated carbocycles. The molecular formula is C20H27F3O4. The molecule has 0 aromatic heterocycles. The summed E-state index contributed by atoms with van der Waals surface area (Å²) in [5, 5.41) is 0. The molecule has 4 nitrogen and oxygen atoms in total. The molecule has 152 valence electrons. The van der Waals surface area contributed by atoms with Crippen LogP contribution in [0.15, 0.2) is 24.3 Å². The lowest BCUT2D eigenvalue weighted by Crippen LogP contribution is -2.29. The first-order chi connectivity index (χ1) is 12.2. The summed E-state index contributed by atoms with van der Waals surface area (Å²) in [7, 11) is 0. The zero-order valence-electron chi connectivity index (χ0n) is 16.5. The smallest absolute Gasteiger partial charge is 0.416 e. The van der Waals surface area contributed by atoms with Crippen molar-refractivity contribution in [1.82, 2.24) is 0 Å². The van der Waals surface area contributed by atoms with Crippen molar-refractivity contribution in [2.24, 2.45) is 5.92 Å². The summed E-state index contributed by atoms with van der Waals surface area (Å²) in [6, 6.07) is 5.22. The van der Waals surface area contributed by atoms with Crippen LogP contribution < -0.4 is 0 Å². The van der Waals surface area contributed by atoms with E-state index >= 15 is 0 Å². The fourth-order valence-electron chi connectivity index (χ4n) is 2.52. The highest BCUT2D eigenvalue weighted by molar-refractivity contribution is 5.80. The van der Waals surface area contributed by atoms with Gasteiger partial charge in [-0.1, -0.05) is 32.0 Å². The van der Waals surface area contributed by atoms with Crippen LogP contribution in [0.1, 0.15) is 65.0 Å². The SMILES string of the molecule is C[C@H](CC(=O)OC(C)(C)C)C(=O)O[C@@H](C)[C@@H](C)c1ccccc1C(F)(F)F. The van der Waals surface area contributed by atoms with E-state index in [1.165, 1.54) is 32.0 Å². The molecule has 0 N–H and O–H groups in total. The van der Waals surface area contributed by atoms with Gasteiger partial charge in [-0.2, -0.15) is 13.2 Å². The number of rotatable bonds is 6. The zero-order valence-corrected chi connectivity index (χ0v) is 16.5. The summed E-state index contributed by atoms with van der Waals surface area (Å²) in [5.41, 5.74) is -1.35. The molecule has 27 heavy (non-hydrogen) atoms. The minimum absolute atomic E-state index is 0.0603. The third-order valence-corrected chi connectivity index (χ3v) is 4.06. The number of halogens is 3. The summed E-state index contributed by atoms with van der Waals surface area (Å²) >= 11 is 0. The number of carbonyl (C=O) groups excluding carboxylic acids is 2. The van der Waals surface area contributed by atoms with E-state index in [4.69, 9.17) is 9.47 Å². The second kappa shape index (κ2) is 8.76. The molecule has 0 aliphatic heterocycles. The van der Waals surface area contributed by atoms with Crippen LogP contribution in [0.25, 0.3) is 0 Å². The van der Waals surface area contributed by atoms with Crippen LogP contribution in [-0.4, -0.2) is 23.6 Å². The highest BCUT2D eigenvalue weighted by atomic mass is 19.4. The van der Waals surface area contributed by atoms with E-state index < -0.39 is 47.2 Å². The first kappa shape index (κ1) is 23.0. The van der Waals surface area contributed by atoms with Crippen molar-refractivity contribution in [2.45, 2.75) is 71.8 Å². The first-order valence-corrected chi connectivity index (χ1v) is 8.81. The van der Waals surface area contributed by atoms with Gasteiger partial charge >= 0.3 is 18.1 Å². The second-order valence-corrected chi connectivity index (χ2v) is 7.71. The minimum atomic E-state index is -4.49. The maximum atomic E-state index is 13.2. The fraction of sp³-hybridized carbons (Fsp3) is 0.600. The van der Waals surface area contributed by atoms with Crippen molar-refractivity contribution in [2.75, 3.05) is 0 Å². The molecule has 0 bridgehead atoms. The highest BCUT2D eigenvalue weighted by Crippen LogP contribution is 2.36. The first-order valence-electron chi connectivity index (χ1n) is 8.81. The largest absolute Gasteiger partial charge is 0.462 e. The Morgan fingerprint density at radius 2 is 1.59 bits per heavy atom. The van der Waals surface area contributed by atoms with Crippen molar-refractivity contribution in [3.63, 3.8) is 0 Å². The van der Waals surface area contributed by atoms with Gasteiger partial charge in [-0.25, -0.2) is 0 Å². The molecule has 0 saturated heterocycles. The molecule has 1 rings (SSSR count).